The van der Waals surface area contributed by atoms with Crippen molar-refractivity contribution < 1.29 is 39.3 Å². The van der Waals surface area contributed by atoms with Crippen molar-refractivity contribution >= 4 is 23.2 Å². The summed E-state index contributed by atoms with van der Waals surface area (Å²) >= 11 is 0. The van der Waals surface area contributed by atoms with E-state index in [1.807, 2.05) is 23.1 Å². The molecule has 1 aromatic heterocycles. The molecule has 13 nitrogen and oxygen atoms in total. The van der Waals surface area contributed by atoms with Crippen molar-refractivity contribution in [2.45, 2.75) is 51.4 Å². The number of fused-ring (bicyclic) bond motifs is 3. The minimum Gasteiger partial charge on any atom is -0.595 e. The number of hydrogen-bond acceptors (Lipinski definition) is 9. The first-order valence-corrected chi connectivity index (χ1v) is 19.6. The van der Waals surface area contributed by atoms with Crippen molar-refractivity contribution in [2.24, 2.45) is 0 Å². The number of anilines is 1. The van der Waals surface area contributed by atoms with E-state index in [1.54, 1.807) is 41.3 Å². The Balaban J connectivity index is 1.13. The first kappa shape index (κ1) is 36.9. The number of ether oxygens (including phenoxy) is 3. The summed E-state index contributed by atoms with van der Waals surface area (Å²) in [4.78, 5) is 36.2. The van der Waals surface area contributed by atoms with Gasteiger partial charge in [0, 0.05) is 73.5 Å². The molecule has 0 spiro atoms. The van der Waals surface area contributed by atoms with Gasteiger partial charge in [0.05, 0.1) is 30.9 Å². The van der Waals surface area contributed by atoms with E-state index in [1.165, 1.54) is 23.8 Å². The van der Waals surface area contributed by atoms with Crippen LogP contribution in [0.2, 0.25) is 0 Å². The van der Waals surface area contributed by atoms with Gasteiger partial charge in [-0.25, -0.2) is 5.21 Å². The Morgan fingerprint density at radius 3 is 2.42 bits per heavy atom. The molecule has 4 aliphatic heterocycles. The van der Waals surface area contributed by atoms with Crippen molar-refractivity contribution in [2.75, 3.05) is 44.5 Å². The van der Waals surface area contributed by atoms with Gasteiger partial charge in [-0.1, -0.05) is 36.4 Å². The first-order chi connectivity index (χ1) is 27.8. The second-order valence-corrected chi connectivity index (χ2v) is 15.1. The molecule has 4 aromatic carbocycles. The topological polar surface area (TPSA) is 144 Å². The predicted octanol–water partition coefficient (Wildman–Crippen LogP) is 5.08. The highest BCUT2D eigenvalue weighted by Gasteiger charge is 2.36. The number of nitrogens with one attached hydrogen (secondary N) is 1. The Morgan fingerprint density at radius 2 is 1.63 bits per heavy atom. The zero-order valence-electron chi connectivity index (χ0n) is 31.6. The van der Waals surface area contributed by atoms with Gasteiger partial charge in [-0.2, -0.15) is 5.23 Å². The number of benzene rings is 4. The summed E-state index contributed by atoms with van der Waals surface area (Å²) in [7, 11) is 0. The van der Waals surface area contributed by atoms with Crippen molar-refractivity contribution in [3.05, 3.63) is 130 Å². The molecule has 1 fully saturated rings. The van der Waals surface area contributed by atoms with Crippen LogP contribution in [0.15, 0.2) is 91.0 Å². The number of rotatable bonds is 9. The lowest BCUT2D eigenvalue weighted by Gasteiger charge is -2.40. The van der Waals surface area contributed by atoms with Gasteiger partial charge in [-0.3, -0.25) is 14.5 Å². The Hall–Kier alpha value is -5.70. The predicted molar refractivity (Wildman–Crippen MR) is 211 cm³/mol. The molecule has 9 rings (SSSR count). The molecule has 57 heavy (non-hydrogen) atoms. The van der Waals surface area contributed by atoms with Gasteiger partial charge in [0.25, 0.3) is 11.8 Å². The fraction of sp³-hybridized carbons (Fsp3) is 0.318. The van der Waals surface area contributed by atoms with E-state index in [9.17, 15) is 20.3 Å². The van der Waals surface area contributed by atoms with Crippen LogP contribution in [0.25, 0.3) is 11.3 Å². The van der Waals surface area contributed by atoms with Crippen LogP contribution in [0, 0.1) is 5.21 Å². The van der Waals surface area contributed by atoms with Gasteiger partial charge >= 0.3 is 0 Å². The Morgan fingerprint density at radius 1 is 0.860 bits per heavy atom. The summed E-state index contributed by atoms with van der Waals surface area (Å²) in [5.74, 6) is 0.725. The number of morpholine rings is 1. The molecule has 5 heterocycles. The maximum absolute atomic E-state index is 15.2. The van der Waals surface area contributed by atoms with E-state index in [-0.39, 0.29) is 42.6 Å². The van der Waals surface area contributed by atoms with Crippen LogP contribution in [0.3, 0.4) is 0 Å². The third-order valence-electron chi connectivity index (χ3n) is 11.6. The average molecular weight is 772 g/mol. The second-order valence-electron chi connectivity index (χ2n) is 15.1. The highest BCUT2D eigenvalue weighted by atomic mass is 16.8. The van der Waals surface area contributed by atoms with Crippen molar-refractivity contribution in [3.63, 3.8) is 0 Å². The summed E-state index contributed by atoms with van der Waals surface area (Å²) in [5, 5.41) is 30.6. The van der Waals surface area contributed by atoms with Gasteiger partial charge in [-0.05, 0) is 84.8 Å². The third-order valence-corrected chi connectivity index (χ3v) is 11.6. The number of hydrogen-bond donors (Lipinski definition) is 3. The van der Waals surface area contributed by atoms with E-state index in [0.717, 1.165) is 55.8 Å². The monoisotopic (exact) mass is 771 g/mol. The fourth-order valence-corrected chi connectivity index (χ4v) is 8.68. The molecule has 294 valence electrons. The third kappa shape index (κ3) is 7.36. The number of aromatic nitrogens is 1. The van der Waals surface area contributed by atoms with Crippen LogP contribution in [0.5, 0.6) is 17.2 Å². The van der Waals surface area contributed by atoms with Crippen LogP contribution < -0.4 is 19.6 Å². The highest BCUT2D eigenvalue weighted by Crippen LogP contribution is 2.42. The summed E-state index contributed by atoms with van der Waals surface area (Å²) < 4.78 is 19.6. The van der Waals surface area contributed by atoms with Crippen LogP contribution >= 0.6 is 0 Å². The lowest BCUT2D eigenvalue weighted by Crippen LogP contribution is -2.99. The molecule has 2 atom stereocenters. The molecular weight excluding hydrogens is 727 g/mol. The maximum atomic E-state index is 15.2. The molecule has 0 saturated carbocycles. The normalized spacial score (nSPS) is 18.1. The molecule has 4 aliphatic rings. The SMILES string of the molecule is O=C(c1cc(-c2cc3c(cc2C(=O)N2Cc4ccccc4C[C@H]2CN2CCOCC2)OCO3)n2c1CCCC2)N(Cc1cccc([NH+]([O-])O)c1)c1ccc(O)cc1. The average Bonchev–Trinajstić information content (AvgIpc) is 3.87. The Bertz CT molecular complexity index is 2300. The van der Waals surface area contributed by atoms with Crippen LogP contribution in [0.4, 0.5) is 11.4 Å². The van der Waals surface area contributed by atoms with Crippen molar-refractivity contribution in [3.8, 4) is 28.5 Å². The number of amides is 2. The van der Waals surface area contributed by atoms with E-state index in [2.05, 4.69) is 27.7 Å². The summed E-state index contributed by atoms with van der Waals surface area (Å²) in [6.07, 6.45) is 3.20. The maximum Gasteiger partial charge on any atom is 0.260 e. The van der Waals surface area contributed by atoms with Crippen LogP contribution in [0.1, 0.15) is 55.9 Å². The number of phenolic OH excluding ortho intramolecular Hbond substituents is 1. The summed E-state index contributed by atoms with van der Waals surface area (Å²) in [5.41, 5.74) is 6.96. The molecule has 0 aliphatic carbocycles. The number of carbonyl (C=O) groups is 2. The second kappa shape index (κ2) is 15.7. The van der Waals surface area contributed by atoms with E-state index >= 15 is 4.79 Å². The quantitative estimate of drug-likeness (QED) is 0.175. The number of phenols is 1. The van der Waals surface area contributed by atoms with Crippen LogP contribution in [-0.4, -0.2) is 82.2 Å². The number of quaternary nitrogens is 1. The largest absolute Gasteiger partial charge is 0.595 e. The first-order valence-electron chi connectivity index (χ1n) is 19.6. The molecule has 1 unspecified atom stereocenters. The molecule has 0 bridgehead atoms. The molecule has 0 radical (unpaired) electrons. The molecular formula is C44H45N5O8. The molecule has 1 saturated heterocycles. The minimum atomic E-state index is -1.05. The van der Waals surface area contributed by atoms with Crippen molar-refractivity contribution in [1.82, 2.24) is 14.4 Å². The summed E-state index contributed by atoms with van der Waals surface area (Å²) in [6.45, 7) is 4.97. The van der Waals surface area contributed by atoms with Gasteiger partial charge in [0.1, 0.15) is 5.75 Å². The molecule has 2 amide bonds. The zero-order valence-corrected chi connectivity index (χ0v) is 31.6. The number of aromatic hydroxyl groups is 1. The van der Waals surface area contributed by atoms with Gasteiger partial charge in [0.15, 0.2) is 17.2 Å². The van der Waals surface area contributed by atoms with Gasteiger partial charge in [0.2, 0.25) is 6.79 Å². The van der Waals surface area contributed by atoms with E-state index < -0.39 is 5.23 Å². The highest BCUT2D eigenvalue weighted by molar-refractivity contribution is 6.09. The zero-order chi connectivity index (χ0) is 39.0. The van der Waals surface area contributed by atoms with Crippen molar-refractivity contribution in [1.29, 1.82) is 0 Å². The molecule has 3 N–H and O–H groups in total. The van der Waals surface area contributed by atoms with E-state index in [4.69, 9.17) is 14.2 Å². The lowest BCUT2D eigenvalue weighted by atomic mass is 9.92. The number of carbonyl (C=O) groups excluding carboxylic acids is 2. The van der Waals surface area contributed by atoms with Crippen LogP contribution in [-0.2, 0) is 37.2 Å². The number of nitrogens with zero attached hydrogens (tertiary/aromatic N) is 4. The molecule has 5 aromatic rings. The van der Waals surface area contributed by atoms with Gasteiger partial charge < -0.3 is 38.9 Å². The Kier molecular flexibility index (Phi) is 10.2. The molecule has 13 heteroatoms. The Labute approximate surface area is 330 Å². The standard InChI is InChI=1S/C44H45N5O8/c50-35-13-11-32(12-14-35)47(25-29-6-5-9-33(20-29)49(53)54)44(52)38-22-40(46-15-4-3-10-39(38)46)36-23-41-42(57-28-56-41)24-37(36)43(51)48-26-31-8-2-1-7-30(31)21-34(48)27-45-16-18-55-19-17-45/h1-2,5-9,11-14,20,22-24,34,49-50,53H,3-4,10,15-19,21,25-28H2/t34-/m0/s1. The smallest absolute Gasteiger partial charge is 0.260 e. The summed E-state index contributed by atoms with van der Waals surface area (Å²) in [6, 6.07) is 26.8. The van der Waals surface area contributed by atoms with Gasteiger partial charge in [-0.15, -0.1) is 0 Å². The lowest BCUT2D eigenvalue weighted by molar-refractivity contribution is -0.991. The van der Waals surface area contributed by atoms with E-state index in [0.29, 0.717) is 72.2 Å². The minimum absolute atomic E-state index is 0.0455. The fourth-order valence-electron chi connectivity index (χ4n) is 8.68.